The monoisotopic (exact) mass is 401 g/mol. The molecule has 1 amide bonds. The molecular weight excluding hydrogens is 378 g/mol. The smallest absolute Gasteiger partial charge is 0.256 e. The van der Waals surface area contributed by atoms with Gasteiger partial charge < -0.3 is 15.2 Å². The van der Waals surface area contributed by atoms with E-state index in [0.717, 1.165) is 18.7 Å². The summed E-state index contributed by atoms with van der Waals surface area (Å²) in [5.74, 6) is 0.182. The third-order valence-corrected chi connectivity index (χ3v) is 7.03. The van der Waals surface area contributed by atoms with Crippen molar-refractivity contribution in [3.63, 3.8) is 0 Å². The predicted octanol–water partition coefficient (Wildman–Crippen LogP) is 1.54. The van der Waals surface area contributed by atoms with E-state index in [2.05, 4.69) is 20.2 Å². The number of nitrogens with one attached hydrogen (secondary N) is 2. The predicted molar refractivity (Wildman–Crippen MR) is 107 cm³/mol. The molecule has 2 aliphatic heterocycles. The number of aromatic nitrogens is 2. The number of carbonyl (C=O) groups excluding carboxylic acids is 1. The van der Waals surface area contributed by atoms with E-state index in [1.807, 2.05) is 14.0 Å². The second kappa shape index (κ2) is 7.16. The summed E-state index contributed by atoms with van der Waals surface area (Å²) in [6.45, 7) is 4.31. The number of carbonyl (C=O) groups is 1. The van der Waals surface area contributed by atoms with Crippen LogP contribution in [-0.2, 0) is 14.8 Å². The Bertz CT molecular complexity index is 1060. The number of aryl methyl sites for hydroxylation is 1. The number of hydrogen-bond donors (Lipinski definition) is 2. The Kier molecular flexibility index (Phi) is 4.82. The number of amides is 1. The van der Waals surface area contributed by atoms with Crippen LogP contribution in [0, 0.1) is 6.92 Å². The van der Waals surface area contributed by atoms with E-state index in [0.29, 0.717) is 42.3 Å². The fourth-order valence-electron chi connectivity index (χ4n) is 3.61. The molecule has 2 aromatic rings. The lowest BCUT2D eigenvalue weighted by atomic mass is 10.1. The molecule has 1 aromatic heterocycles. The number of sulfonamides is 1. The minimum absolute atomic E-state index is 0.155. The van der Waals surface area contributed by atoms with Crippen molar-refractivity contribution < 1.29 is 13.2 Å². The van der Waals surface area contributed by atoms with Crippen LogP contribution < -0.4 is 5.32 Å². The van der Waals surface area contributed by atoms with Crippen molar-refractivity contribution in [1.29, 1.82) is 0 Å². The van der Waals surface area contributed by atoms with Gasteiger partial charge in [-0.15, -0.1) is 0 Å². The van der Waals surface area contributed by atoms with Crippen LogP contribution in [0.5, 0.6) is 0 Å². The van der Waals surface area contributed by atoms with Gasteiger partial charge in [0.1, 0.15) is 5.82 Å². The maximum Gasteiger partial charge on any atom is 0.256 e. The summed E-state index contributed by atoms with van der Waals surface area (Å²) in [6.07, 6.45) is 4.04. The number of nitrogens with zero attached hydrogens (tertiary/aromatic N) is 3. The molecule has 148 valence electrons. The Hall–Kier alpha value is -2.49. The fraction of sp³-hybridized carbons (Fsp3) is 0.368. The van der Waals surface area contributed by atoms with Crippen LogP contribution >= 0.6 is 0 Å². The summed E-state index contributed by atoms with van der Waals surface area (Å²) in [4.78, 5) is 22.1. The van der Waals surface area contributed by atoms with Gasteiger partial charge >= 0.3 is 0 Å². The molecule has 1 fully saturated rings. The first-order chi connectivity index (χ1) is 13.4. The van der Waals surface area contributed by atoms with Crippen LogP contribution in [0.3, 0.4) is 0 Å². The zero-order valence-electron chi connectivity index (χ0n) is 15.9. The molecule has 1 aromatic carbocycles. The number of fused-ring (bicyclic) bond motifs is 1. The average molecular weight is 401 g/mol. The number of rotatable bonds is 3. The SMILES string of the molecule is Cc1cnc(C=C2C(=O)Nc3cccc(S(=O)(=O)N4CCCN(C)CC4)c32)[nH]1. The molecule has 0 saturated carbocycles. The van der Waals surface area contributed by atoms with Gasteiger partial charge in [-0.05, 0) is 45.1 Å². The van der Waals surface area contributed by atoms with Crippen LogP contribution in [0.15, 0.2) is 29.3 Å². The molecule has 2 aliphatic rings. The van der Waals surface area contributed by atoms with Crippen molar-refractivity contribution in [2.75, 3.05) is 38.5 Å². The Morgan fingerprint density at radius 2 is 2.00 bits per heavy atom. The van der Waals surface area contributed by atoms with Crippen molar-refractivity contribution in [3.05, 3.63) is 41.5 Å². The minimum Gasteiger partial charge on any atom is -0.343 e. The summed E-state index contributed by atoms with van der Waals surface area (Å²) < 4.78 is 28.4. The Labute approximate surface area is 164 Å². The Balaban J connectivity index is 1.79. The Morgan fingerprint density at radius 3 is 2.75 bits per heavy atom. The summed E-state index contributed by atoms with van der Waals surface area (Å²) in [6, 6.07) is 4.96. The number of anilines is 1. The molecule has 0 unspecified atom stereocenters. The third-order valence-electron chi connectivity index (χ3n) is 5.09. The molecular formula is C19H23N5O3S. The first-order valence-corrected chi connectivity index (χ1v) is 10.7. The standard InChI is InChI=1S/C19H23N5O3S/c1-13-12-20-17(21-13)11-14-18-15(22-19(14)25)5-3-6-16(18)28(26,27)24-8-4-7-23(2)9-10-24/h3,5-6,11-12H,4,7-10H2,1-2H3,(H,20,21)(H,22,25). The van der Waals surface area contributed by atoms with Gasteiger partial charge in [0, 0.05) is 37.1 Å². The highest BCUT2D eigenvalue weighted by Gasteiger charge is 2.35. The highest BCUT2D eigenvalue weighted by molar-refractivity contribution is 7.89. The van der Waals surface area contributed by atoms with E-state index in [1.54, 1.807) is 30.5 Å². The fourth-order valence-corrected chi connectivity index (χ4v) is 5.31. The Morgan fingerprint density at radius 1 is 1.18 bits per heavy atom. The largest absolute Gasteiger partial charge is 0.343 e. The molecule has 0 aliphatic carbocycles. The molecule has 28 heavy (non-hydrogen) atoms. The minimum atomic E-state index is -3.73. The zero-order valence-corrected chi connectivity index (χ0v) is 16.7. The maximum atomic E-state index is 13.4. The first kappa shape index (κ1) is 18.9. The normalized spacial score (nSPS) is 20.2. The zero-order chi connectivity index (χ0) is 19.9. The van der Waals surface area contributed by atoms with Crippen LogP contribution in [0.4, 0.5) is 5.69 Å². The summed E-state index contributed by atoms with van der Waals surface area (Å²) in [7, 11) is -1.74. The van der Waals surface area contributed by atoms with Gasteiger partial charge in [-0.3, -0.25) is 4.79 Å². The van der Waals surface area contributed by atoms with Crippen molar-refractivity contribution in [2.45, 2.75) is 18.2 Å². The number of imidazole rings is 1. The van der Waals surface area contributed by atoms with Gasteiger partial charge in [-0.25, -0.2) is 13.4 Å². The quantitative estimate of drug-likeness (QED) is 0.760. The third kappa shape index (κ3) is 3.36. The number of likely N-dealkylation sites (N-methyl/N-ethyl adjacent to an activating group) is 1. The molecule has 8 nitrogen and oxygen atoms in total. The van der Waals surface area contributed by atoms with Gasteiger partial charge in [0.2, 0.25) is 10.0 Å². The molecule has 0 radical (unpaired) electrons. The topological polar surface area (TPSA) is 98.4 Å². The van der Waals surface area contributed by atoms with Crippen molar-refractivity contribution in [1.82, 2.24) is 19.2 Å². The lowest BCUT2D eigenvalue weighted by Gasteiger charge is -2.21. The number of hydrogen-bond acceptors (Lipinski definition) is 5. The van der Waals surface area contributed by atoms with Crippen LogP contribution in [0.1, 0.15) is 23.5 Å². The van der Waals surface area contributed by atoms with Gasteiger partial charge in [0.05, 0.1) is 16.2 Å². The van der Waals surface area contributed by atoms with E-state index in [4.69, 9.17) is 0 Å². The van der Waals surface area contributed by atoms with E-state index >= 15 is 0 Å². The average Bonchev–Trinajstić information content (AvgIpc) is 3.11. The first-order valence-electron chi connectivity index (χ1n) is 9.23. The van der Waals surface area contributed by atoms with Gasteiger partial charge in [0.15, 0.2) is 0 Å². The maximum absolute atomic E-state index is 13.4. The van der Waals surface area contributed by atoms with E-state index in [9.17, 15) is 13.2 Å². The second-order valence-electron chi connectivity index (χ2n) is 7.20. The molecule has 2 N–H and O–H groups in total. The highest BCUT2D eigenvalue weighted by Crippen LogP contribution is 2.38. The van der Waals surface area contributed by atoms with Crippen molar-refractivity contribution >= 4 is 33.3 Å². The molecule has 0 bridgehead atoms. The summed E-state index contributed by atoms with van der Waals surface area (Å²) in [5, 5.41) is 2.77. The lowest BCUT2D eigenvalue weighted by Crippen LogP contribution is -2.34. The van der Waals surface area contributed by atoms with Gasteiger partial charge in [0.25, 0.3) is 5.91 Å². The second-order valence-corrected chi connectivity index (χ2v) is 9.11. The highest BCUT2D eigenvalue weighted by atomic mass is 32.2. The molecule has 1 saturated heterocycles. The van der Waals surface area contributed by atoms with E-state index in [-0.39, 0.29) is 10.8 Å². The number of benzene rings is 1. The van der Waals surface area contributed by atoms with Crippen LogP contribution in [-0.4, -0.2) is 66.7 Å². The molecule has 9 heteroatoms. The molecule has 0 atom stereocenters. The van der Waals surface area contributed by atoms with E-state index < -0.39 is 10.0 Å². The van der Waals surface area contributed by atoms with Crippen LogP contribution in [0.25, 0.3) is 11.6 Å². The summed E-state index contributed by atoms with van der Waals surface area (Å²) >= 11 is 0. The van der Waals surface area contributed by atoms with Crippen molar-refractivity contribution in [3.8, 4) is 0 Å². The summed E-state index contributed by atoms with van der Waals surface area (Å²) in [5.41, 5.74) is 2.09. The van der Waals surface area contributed by atoms with Crippen LogP contribution in [0.2, 0.25) is 0 Å². The lowest BCUT2D eigenvalue weighted by molar-refractivity contribution is -0.110. The van der Waals surface area contributed by atoms with Gasteiger partial charge in [-0.2, -0.15) is 4.31 Å². The number of H-pyrrole nitrogens is 1. The molecule has 0 spiro atoms. The van der Waals surface area contributed by atoms with Crippen molar-refractivity contribution in [2.24, 2.45) is 0 Å². The molecule has 3 heterocycles. The van der Waals surface area contributed by atoms with Gasteiger partial charge in [-0.1, -0.05) is 6.07 Å². The molecule has 4 rings (SSSR count). The number of aromatic amines is 1. The van der Waals surface area contributed by atoms with E-state index in [1.165, 1.54) is 4.31 Å².